The molecule has 112 valence electrons. The highest BCUT2D eigenvalue weighted by atomic mass is 16.5. The van der Waals surface area contributed by atoms with Crippen LogP contribution in [-0.2, 0) is 0 Å². The number of ether oxygens (including phenoxy) is 2. The van der Waals surface area contributed by atoms with Gasteiger partial charge in [0, 0.05) is 6.04 Å². The molecule has 1 aromatic rings. The standard InChI is InChI=1S/C17H27NO2/c1-4-19-15-7-5-6-8-16(15)20-17-11-13(12(2)3)9-10-14(17)18/h5-8,12-14,17H,4,9-11,18H2,1-3H3. The lowest BCUT2D eigenvalue weighted by Gasteiger charge is -2.36. The number of benzene rings is 1. The molecule has 0 bridgehead atoms. The summed E-state index contributed by atoms with van der Waals surface area (Å²) < 4.78 is 11.8. The highest BCUT2D eigenvalue weighted by molar-refractivity contribution is 5.39. The summed E-state index contributed by atoms with van der Waals surface area (Å²) in [6, 6.07) is 7.99. The fourth-order valence-corrected chi connectivity index (χ4v) is 2.91. The Morgan fingerprint density at radius 1 is 1.20 bits per heavy atom. The normalized spacial score (nSPS) is 26.6. The van der Waals surface area contributed by atoms with Crippen LogP contribution >= 0.6 is 0 Å². The molecule has 0 saturated heterocycles. The van der Waals surface area contributed by atoms with E-state index >= 15 is 0 Å². The Morgan fingerprint density at radius 3 is 2.55 bits per heavy atom. The Hall–Kier alpha value is -1.22. The second kappa shape index (κ2) is 6.98. The number of hydrogen-bond acceptors (Lipinski definition) is 3. The molecule has 1 fully saturated rings. The van der Waals surface area contributed by atoms with Crippen LogP contribution in [0.5, 0.6) is 11.5 Å². The third kappa shape index (κ3) is 3.66. The van der Waals surface area contributed by atoms with Crippen molar-refractivity contribution >= 4 is 0 Å². The first-order chi connectivity index (χ1) is 9.61. The number of hydrogen-bond donors (Lipinski definition) is 1. The monoisotopic (exact) mass is 277 g/mol. The molecule has 2 rings (SSSR count). The highest BCUT2D eigenvalue weighted by Crippen LogP contribution is 2.34. The molecule has 0 aromatic heterocycles. The minimum Gasteiger partial charge on any atom is -0.490 e. The van der Waals surface area contributed by atoms with Crippen LogP contribution in [0, 0.1) is 11.8 Å². The number of para-hydroxylation sites is 2. The minimum absolute atomic E-state index is 0.0951. The van der Waals surface area contributed by atoms with Crippen LogP contribution < -0.4 is 15.2 Å². The number of nitrogens with two attached hydrogens (primary N) is 1. The van der Waals surface area contributed by atoms with E-state index in [4.69, 9.17) is 15.2 Å². The summed E-state index contributed by atoms with van der Waals surface area (Å²) in [5, 5.41) is 0. The molecule has 0 amide bonds. The van der Waals surface area contributed by atoms with Crippen LogP contribution in [0.1, 0.15) is 40.0 Å². The Morgan fingerprint density at radius 2 is 1.90 bits per heavy atom. The van der Waals surface area contributed by atoms with Gasteiger partial charge in [-0.05, 0) is 50.2 Å². The lowest BCUT2D eigenvalue weighted by molar-refractivity contribution is 0.0835. The number of rotatable bonds is 5. The Kier molecular flexibility index (Phi) is 5.30. The summed E-state index contributed by atoms with van der Waals surface area (Å²) in [5.74, 6) is 3.03. The van der Waals surface area contributed by atoms with Crippen LogP contribution in [0.3, 0.4) is 0 Å². The molecule has 1 aromatic carbocycles. The van der Waals surface area contributed by atoms with Crippen molar-refractivity contribution in [2.24, 2.45) is 17.6 Å². The van der Waals surface area contributed by atoms with Crippen LogP contribution in [0.4, 0.5) is 0 Å². The van der Waals surface area contributed by atoms with Gasteiger partial charge in [-0.25, -0.2) is 0 Å². The molecule has 20 heavy (non-hydrogen) atoms. The van der Waals surface area contributed by atoms with Crippen molar-refractivity contribution in [3.8, 4) is 11.5 Å². The molecule has 1 aliphatic rings. The van der Waals surface area contributed by atoms with Crippen molar-refractivity contribution in [1.29, 1.82) is 0 Å². The van der Waals surface area contributed by atoms with Gasteiger partial charge in [-0.1, -0.05) is 26.0 Å². The second-order valence-corrected chi connectivity index (χ2v) is 6.02. The van der Waals surface area contributed by atoms with Gasteiger partial charge < -0.3 is 15.2 Å². The smallest absolute Gasteiger partial charge is 0.161 e. The molecule has 0 spiro atoms. The molecule has 3 nitrogen and oxygen atoms in total. The minimum atomic E-state index is 0.0951. The average Bonchev–Trinajstić information content (AvgIpc) is 2.43. The van der Waals surface area contributed by atoms with Crippen LogP contribution in [-0.4, -0.2) is 18.8 Å². The van der Waals surface area contributed by atoms with Gasteiger partial charge in [0.15, 0.2) is 11.5 Å². The van der Waals surface area contributed by atoms with Gasteiger partial charge in [-0.15, -0.1) is 0 Å². The first-order valence-corrected chi connectivity index (χ1v) is 7.75. The first-order valence-electron chi connectivity index (χ1n) is 7.75. The van der Waals surface area contributed by atoms with Gasteiger partial charge in [0.1, 0.15) is 6.10 Å². The molecule has 3 atom stereocenters. The first kappa shape index (κ1) is 15.2. The summed E-state index contributed by atoms with van der Waals surface area (Å²) >= 11 is 0. The zero-order valence-corrected chi connectivity index (χ0v) is 12.8. The van der Waals surface area contributed by atoms with E-state index < -0.39 is 0 Å². The summed E-state index contributed by atoms with van der Waals surface area (Å²) in [4.78, 5) is 0. The van der Waals surface area contributed by atoms with E-state index in [0.717, 1.165) is 24.3 Å². The van der Waals surface area contributed by atoms with Gasteiger partial charge in [0.05, 0.1) is 6.61 Å². The predicted molar refractivity (Wildman–Crippen MR) is 82.2 cm³/mol. The van der Waals surface area contributed by atoms with Crippen molar-refractivity contribution < 1.29 is 9.47 Å². The topological polar surface area (TPSA) is 44.5 Å². The van der Waals surface area contributed by atoms with Gasteiger partial charge in [0.25, 0.3) is 0 Å². The molecule has 1 saturated carbocycles. The van der Waals surface area contributed by atoms with E-state index in [1.54, 1.807) is 0 Å². The maximum absolute atomic E-state index is 6.25. The molecule has 3 unspecified atom stereocenters. The van der Waals surface area contributed by atoms with Gasteiger partial charge in [-0.2, -0.15) is 0 Å². The SMILES string of the molecule is CCOc1ccccc1OC1CC(C(C)C)CCC1N. The zero-order chi connectivity index (χ0) is 14.5. The fraction of sp³-hybridized carbons (Fsp3) is 0.647. The molecular weight excluding hydrogens is 250 g/mol. The maximum atomic E-state index is 6.25. The Bertz CT molecular complexity index is 419. The maximum Gasteiger partial charge on any atom is 0.161 e. The molecule has 1 aliphatic carbocycles. The van der Waals surface area contributed by atoms with Crippen LogP contribution in [0.15, 0.2) is 24.3 Å². The Balaban J connectivity index is 2.07. The molecule has 3 heteroatoms. The highest BCUT2D eigenvalue weighted by Gasteiger charge is 2.31. The quantitative estimate of drug-likeness (QED) is 0.894. The average molecular weight is 277 g/mol. The molecular formula is C17H27NO2. The third-order valence-corrected chi connectivity index (χ3v) is 4.25. The second-order valence-electron chi connectivity index (χ2n) is 6.02. The summed E-state index contributed by atoms with van der Waals surface area (Å²) in [6.07, 6.45) is 3.40. The van der Waals surface area contributed by atoms with Crippen molar-refractivity contribution in [2.45, 2.75) is 52.2 Å². The lowest BCUT2D eigenvalue weighted by atomic mass is 9.78. The summed E-state index contributed by atoms with van der Waals surface area (Å²) in [5.41, 5.74) is 6.25. The molecule has 0 radical (unpaired) electrons. The van der Waals surface area contributed by atoms with E-state index in [1.165, 1.54) is 6.42 Å². The van der Waals surface area contributed by atoms with Crippen molar-refractivity contribution in [2.75, 3.05) is 6.61 Å². The van der Waals surface area contributed by atoms with Crippen molar-refractivity contribution in [1.82, 2.24) is 0 Å². The van der Waals surface area contributed by atoms with Gasteiger partial charge in [0.2, 0.25) is 0 Å². The van der Waals surface area contributed by atoms with E-state index in [2.05, 4.69) is 13.8 Å². The summed E-state index contributed by atoms with van der Waals surface area (Å²) in [7, 11) is 0. The predicted octanol–water partition coefficient (Wildman–Crippen LogP) is 3.62. The molecule has 2 N–H and O–H groups in total. The van der Waals surface area contributed by atoms with E-state index in [0.29, 0.717) is 18.4 Å². The van der Waals surface area contributed by atoms with Crippen molar-refractivity contribution in [3.63, 3.8) is 0 Å². The van der Waals surface area contributed by atoms with Crippen LogP contribution in [0.2, 0.25) is 0 Å². The van der Waals surface area contributed by atoms with Crippen LogP contribution in [0.25, 0.3) is 0 Å². The van der Waals surface area contributed by atoms with E-state index in [9.17, 15) is 0 Å². The van der Waals surface area contributed by atoms with Gasteiger partial charge in [-0.3, -0.25) is 0 Å². The summed E-state index contributed by atoms with van der Waals surface area (Å²) in [6.45, 7) is 7.20. The largest absolute Gasteiger partial charge is 0.490 e. The molecule has 0 heterocycles. The van der Waals surface area contributed by atoms with E-state index in [-0.39, 0.29) is 12.1 Å². The third-order valence-electron chi connectivity index (χ3n) is 4.25. The lowest BCUT2D eigenvalue weighted by Crippen LogP contribution is -2.44. The fourth-order valence-electron chi connectivity index (χ4n) is 2.91. The molecule has 0 aliphatic heterocycles. The zero-order valence-electron chi connectivity index (χ0n) is 12.8. The van der Waals surface area contributed by atoms with E-state index in [1.807, 2.05) is 31.2 Å². The Labute approximate surface area is 122 Å². The van der Waals surface area contributed by atoms with Gasteiger partial charge >= 0.3 is 0 Å². The van der Waals surface area contributed by atoms with Crippen molar-refractivity contribution in [3.05, 3.63) is 24.3 Å².